The lowest BCUT2D eigenvalue weighted by atomic mass is 10.1. The maximum Gasteiger partial charge on any atom is 0.264 e. The van der Waals surface area contributed by atoms with Gasteiger partial charge in [-0.05, 0) is 49.9 Å². The van der Waals surface area contributed by atoms with Crippen LogP contribution in [0.15, 0.2) is 18.2 Å². The van der Waals surface area contributed by atoms with Gasteiger partial charge in [-0.15, -0.1) is 5.10 Å². The highest BCUT2D eigenvalue weighted by Crippen LogP contribution is 2.17. The van der Waals surface area contributed by atoms with Gasteiger partial charge in [-0.1, -0.05) is 6.07 Å². The van der Waals surface area contributed by atoms with Gasteiger partial charge in [-0.3, -0.25) is 10.1 Å². The largest absolute Gasteiger partial charge is 0.484 e. The number of ether oxygens (including phenoxy) is 1. The number of aryl methyl sites for hydroxylation is 4. The third-order valence-corrected chi connectivity index (χ3v) is 3.87. The number of hydrogen-bond acceptors (Lipinski definition) is 4. The molecule has 0 fully saturated rings. The van der Waals surface area contributed by atoms with Crippen molar-refractivity contribution in [3.63, 3.8) is 0 Å². The van der Waals surface area contributed by atoms with Crippen molar-refractivity contribution in [1.82, 2.24) is 14.8 Å². The summed E-state index contributed by atoms with van der Waals surface area (Å²) in [5.41, 5.74) is 2.34. The van der Waals surface area contributed by atoms with Gasteiger partial charge < -0.3 is 4.74 Å². The summed E-state index contributed by atoms with van der Waals surface area (Å²) in [5.74, 6) is 1.75. The number of nitrogens with one attached hydrogen (secondary N) is 1. The fourth-order valence-corrected chi connectivity index (χ4v) is 2.45. The molecule has 6 nitrogen and oxygen atoms in total. The van der Waals surface area contributed by atoms with Gasteiger partial charge in [0.1, 0.15) is 11.6 Å². The Balaban J connectivity index is 1.56. The van der Waals surface area contributed by atoms with Gasteiger partial charge in [0.2, 0.25) is 5.95 Å². The van der Waals surface area contributed by atoms with Crippen LogP contribution in [0, 0.1) is 13.8 Å². The zero-order chi connectivity index (χ0) is 15.5. The van der Waals surface area contributed by atoms with Gasteiger partial charge in [-0.2, -0.15) is 4.98 Å². The molecule has 0 bridgehead atoms. The number of benzene rings is 1. The van der Waals surface area contributed by atoms with Crippen LogP contribution in [0.4, 0.5) is 5.95 Å². The van der Waals surface area contributed by atoms with Crippen molar-refractivity contribution < 1.29 is 9.53 Å². The molecule has 0 saturated carbocycles. The van der Waals surface area contributed by atoms with Gasteiger partial charge in [0.15, 0.2) is 6.61 Å². The maximum atomic E-state index is 11.9. The van der Waals surface area contributed by atoms with Crippen LogP contribution in [-0.4, -0.2) is 27.3 Å². The number of amides is 1. The Morgan fingerprint density at radius 2 is 2.18 bits per heavy atom. The van der Waals surface area contributed by atoms with Crippen molar-refractivity contribution in [3.8, 4) is 5.75 Å². The summed E-state index contributed by atoms with van der Waals surface area (Å²) >= 11 is 0. The Kier molecular flexibility index (Phi) is 4.09. The minimum absolute atomic E-state index is 0.0492. The lowest BCUT2D eigenvalue weighted by Gasteiger charge is -2.09. The van der Waals surface area contributed by atoms with Crippen molar-refractivity contribution in [2.45, 2.75) is 39.7 Å². The van der Waals surface area contributed by atoms with Crippen LogP contribution >= 0.6 is 0 Å². The predicted octanol–water partition coefficient (Wildman–Crippen LogP) is 2.25. The Morgan fingerprint density at radius 3 is 2.95 bits per heavy atom. The van der Waals surface area contributed by atoms with E-state index in [1.54, 1.807) is 0 Å². The second-order valence-corrected chi connectivity index (χ2v) is 5.61. The van der Waals surface area contributed by atoms with E-state index < -0.39 is 0 Å². The van der Waals surface area contributed by atoms with Crippen LogP contribution in [0.5, 0.6) is 5.75 Å². The van der Waals surface area contributed by atoms with E-state index in [-0.39, 0.29) is 12.5 Å². The van der Waals surface area contributed by atoms with E-state index in [2.05, 4.69) is 15.4 Å². The Hall–Kier alpha value is -2.37. The summed E-state index contributed by atoms with van der Waals surface area (Å²) in [4.78, 5) is 16.3. The quantitative estimate of drug-likeness (QED) is 0.940. The van der Waals surface area contributed by atoms with Crippen molar-refractivity contribution in [1.29, 1.82) is 0 Å². The molecule has 1 aromatic heterocycles. The third kappa shape index (κ3) is 3.27. The van der Waals surface area contributed by atoms with Crippen LogP contribution in [0.2, 0.25) is 0 Å². The van der Waals surface area contributed by atoms with Crippen molar-refractivity contribution >= 4 is 11.9 Å². The van der Waals surface area contributed by atoms with E-state index in [1.165, 1.54) is 5.56 Å². The highest BCUT2D eigenvalue weighted by Gasteiger charge is 2.15. The van der Waals surface area contributed by atoms with Crippen LogP contribution in [0.1, 0.15) is 29.8 Å². The number of nitrogens with zero attached hydrogens (tertiary/aromatic N) is 3. The summed E-state index contributed by atoms with van der Waals surface area (Å²) in [5, 5.41) is 6.98. The van der Waals surface area contributed by atoms with Crippen LogP contribution in [-0.2, 0) is 17.8 Å². The van der Waals surface area contributed by atoms with Gasteiger partial charge >= 0.3 is 0 Å². The smallest absolute Gasteiger partial charge is 0.264 e. The second kappa shape index (κ2) is 6.17. The van der Waals surface area contributed by atoms with Crippen molar-refractivity contribution in [2.75, 3.05) is 11.9 Å². The lowest BCUT2D eigenvalue weighted by Crippen LogP contribution is -2.21. The van der Waals surface area contributed by atoms with Crippen LogP contribution < -0.4 is 10.1 Å². The third-order valence-electron chi connectivity index (χ3n) is 3.87. The summed E-state index contributed by atoms with van der Waals surface area (Å²) in [6, 6.07) is 5.77. The first-order valence-electron chi connectivity index (χ1n) is 7.55. The standard InChI is InChI=1S/C16H20N4O2/c1-11-6-7-13(9-12(11)2)22-10-15(21)18-16-17-14-5-3-4-8-20(14)19-16/h6-7,9H,3-5,8,10H2,1-2H3,(H,18,19,21). The maximum absolute atomic E-state index is 11.9. The monoisotopic (exact) mass is 300 g/mol. The molecule has 1 aliphatic rings. The van der Waals surface area contributed by atoms with E-state index in [1.807, 2.05) is 36.7 Å². The molecule has 2 aromatic rings. The van der Waals surface area contributed by atoms with Crippen LogP contribution in [0.3, 0.4) is 0 Å². The fourth-order valence-electron chi connectivity index (χ4n) is 2.45. The van der Waals surface area contributed by atoms with E-state index in [0.717, 1.165) is 37.2 Å². The highest BCUT2D eigenvalue weighted by atomic mass is 16.5. The normalized spacial score (nSPS) is 13.5. The fraction of sp³-hybridized carbons (Fsp3) is 0.438. The first-order valence-corrected chi connectivity index (χ1v) is 7.55. The SMILES string of the molecule is Cc1ccc(OCC(=O)Nc2nc3n(n2)CCCC3)cc1C. The number of fused-ring (bicyclic) bond motifs is 1. The molecule has 0 atom stereocenters. The summed E-state index contributed by atoms with van der Waals surface area (Å²) in [6.45, 7) is 4.88. The molecule has 3 rings (SSSR count). The van der Waals surface area contributed by atoms with Gasteiger partial charge in [0.25, 0.3) is 5.91 Å². The average molecular weight is 300 g/mol. The molecule has 22 heavy (non-hydrogen) atoms. The molecule has 1 aliphatic heterocycles. The number of hydrogen-bond donors (Lipinski definition) is 1. The summed E-state index contributed by atoms with van der Waals surface area (Å²) < 4.78 is 7.37. The van der Waals surface area contributed by atoms with Gasteiger partial charge in [0, 0.05) is 13.0 Å². The number of carbonyl (C=O) groups is 1. The summed E-state index contributed by atoms with van der Waals surface area (Å²) in [6.07, 6.45) is 3.16. The van der Waals surface area contributed by atoms with Gasteiger partial charge in [-0.25, -0.2) is 4.68 Å². The van der Waals surface area contributed by atoms with Crippen molar-refractivity contribution in [2.24, 2.45) is 0 Å². The zero-order valence-corrected chi connectivity index (χ0v) is 12.9. The van der Waals surface area contributed by atoms with Crippen molar-refractivity contribution in [3.05, 3.63) is 35.2 Å². The predicted molar refractivity (Wildman–Crippen MR) is 83.0 cm³/mol. The summed E-state index contributed by atoms with van der Waals surface area (Å²) in [7, 11) is 0. The molecule has 116 valence electrons. The number of aromatic nitrogens is 3. The van der Waals surface area contributed by atoms with E-state index in [9.17, 15) is 4.79 Å². The molecule has 0 unspecified atom stereocenters. The topological polar surface area (TPSA) is 69.0 Å². The Morgan fingerprint density at radius 1 is 1.32 bits per heavy atom. The van der Waals surface area contributed by atoms with E-state index >= 15 is 0 Å². The molecular weight excluding hydrogens is 280 g/mol. The minimum Gasteiger partial charge on any atom is -0.484 e. The second-order valence-electron chi connectivity index (χ2n) is 5.61. The number of carbonyl (C=O) groups excluding carboxylic acids is 1. The first-order chi connectivity index (χ1) is 10.6. The number of anilines is 1. The van der Waals surface area contributed by atoms with Gasteiger partial charge in [0.05, 0.1) is 0 Å². The zero-order valence-electron chi connectivity index (χ0n) is 12.9. The lowest BCUT2D eigenvalue weighted by molar-refractivity contribution is -0.118. The minimum atomic E-state index is -0.249. The molecule has 1 amide bonds. The molecule has 2 heterocycles. The Labute approximate surface area is 129 Å². The molecule has 6 heteroatoms. The van der Waals surface area contributed by atoms with E-state index in [4.69, 9.17) is 4.74 Å². The molecular formula is C16H20N4O2. The average Bonchev–Trinajstić information content (AvgIpc) is 2.90. The molecule has 0 radical (unpaired) electrons. The Bertz CT molecular complexity index is 670. The molecule has 0 spiro atoms. The van der Waals surface area contributed by atoms with E-state index in [0.29, 0.717) is 11.7 Å². The molecule has 1 aromatic carbocycles. The van der Waals surface area contributed by atoms with Crippen LogP contribution in [0.25, 0.3) is 0 Å². The molecule has 0 aliphatic carbocycles. The molecule has 0 saturated heterocycles. The highest BCUT2D eigenvalue weighted by molar-refractivity contribution is 5.90. The number of rotatable bonds is 4. The first kappa shape index (κ1) is 14.6. The molecule has 1 N–H and O–H groups in total.